The first-order valence-corrected chi connectivity index (χ1v) is 7.10. The highest BCUT2D eigenvalue weighted by molar-refractivity contribution is 5.78. The number of hydrogen-bond acceptors (Lipinski definition) is 3. The number of ether oxygens (including phenoxy) is 1. The largest absolute Gasteiger partial charge is 0.466 e. The second-order valence-corrected chi connectivity index (χ2v) is 5.38. The third kappa shape index (κ3) is 3.16. The van der Waals surface area contributed by atoms with Crippen LogP contribution in [0.5, 0.6) is 0 Å². The predicted octanol–water partition coefficient (Wildman–Crippen LogP) is 2.47. The lowest BCUT2D eigenvalue weighted by Gasteiger charge is -2.35. The molecule has 0 spiro atoms. The van der Waals surface area contributed by atoms with Crippen molar-refractivity contribution in [3.05, 3.63) is 35.4 Å². The van der Waals surface area contributed by atoms with Crippen molar-refractivity contribution in [3.8, 4) is 0 Å². The van der Waals surface area contributed by atoms with Crippen LogP contribution in [0.4, 0.5) is 0 Å². The van der Waals surface area contributed by atoms with Gasteiger partial charge in [0, 0.05) is 6.54 Å². The minimum absolute atomic E-state index is 0.0505. The zero-order valence-electron chi connectivity index (χ0n) is 11.9. The van der Waals surface area contributed by atoms with Crippen LogP contribution in [0.15, 0.2) is 24.3 Å². The van der Waals surface area contributed by atoms with E-state index in [1.807, 2.05) is 19.1 Å². The Morgan fingerprint density at radius 3 is 2.84 bits per heavy atom. The van der Waals surface area contributed by atoms with Crippen molar-refractivity contribution < 1.29 is 9.53 Å². The van der Waals surface area contributed by atoms with E-state index >= 15 is 0 Å². The first-order valence-electron chi connectivity index (χ1n) is 7.10. The van der Waals surface area contributed by atoms with Crippen molar-refractivity contribution in [1.29, 1.82) is 0 Å². The van der Waals surface area contributed by atoms with Crippen molar-refractivity contribution in [1.82, 2.24) is 5.32 Å². The van der Waals surface area contributed by atoms with Crippen LogP contribution in [0.25, 0.3) is 0 Å². The molecule has 0 amide bonds. The molecule has 1 fully saturated rings. The molecule has 1 atom stereocenters. The Bertz CT molecular complexity index is 436. The highest BCUT2D eigenvalue weighted by atomic mass is 16.5. The summed E-state index contributed by atoms with van der Waals surface area (Å²) in [7, 11) is 0. The molecule has 1 aliphatic heterocycles. The molecule has 0 saturated carbocycles. The summed E-state index contributed by atoms with van der Waals surface area (Å²) in [6, 6.07) is 8.29. The second-order valence-electron chi connectivity index (χ2n) is 5.38. The fourth-order valence-electron chi connectivity index (χ4n) is 2.82. The lowest BCUT2D eigenvalue weighted by atomic mass is 9.75. The molecule has 0 aliphatic carbocycles. The number of esters is 1. The van der Waals surface area contributed by atoms with E-state index in [0.717, 1.165) is 32.4 Å². The van der Waals surface area contributed by atoms with Gasteiger partial charge < -0.3 is 10.1 Å². The first kappa shape index (κ1) is 14.1. The zero-order valence-corrected chi connectivity index (χ0v) is 11.9. The highest BCUT2D eigenvalue weighted by Gasteiger charge is 2.41. The van der Waals surface area contributed by atoms with Crippen molar-refractivity contribution in [2.24, 2.45) is 5.41 Å². The van der Waals surface area contributed by atoms with E-state index < -0.39 is 0 Å². The number of rotatable bonds is 4. The van der Waals surface area contributed by atoms with Crippen LogP contribution >= 0.6 is 0 Å². The molecular formula is C16H23NO2. The molecule has 2 rings (SSSR count). The third-order valence-electron chi connectivity index (χ3n) is 3.97. The Morgan fingerprint density at radius 1 is 1.42 bits per heavy atom. The summed E-state index contributed by atoms with van der Waals surface area (Å²) >= 11 is 0. The molecule has 1 aromatic rings. The number of carbonyl (C=O) groups excluding carboxylic acids is 1. The second kappa shape index (κ2) is 6.20. The Morgan fingerprint density at radius 2 is 2.21 bits per heavy atom. The van der Waals surface area contributed by atoms with Crippen LogP contribution in [0.1, 0.15) is 30.9 Å². The highest BCUT2D eigenvalue weighted by Crippen LogP contribution is 2.33. The van der Waals surface area contributed by atoms with Gasteiger partial charge >= 0.3 is 5.97 Å². The van der Waals surface area contributed by atoms with Gasteiger partial charge in [-0.2, -0.15) is 0 Å². The minimum atomic E-state index is -0.389. The monoisotopic (exact) mass is 261 g/mol. The van der Waals surface area contributed by atoms with Crippen LogP contribution in [-0.2, 0) is 16.0 Å². The fraction of sp³-hybridized carbons (Fsp3) is 0.562. The maximum absolute atomic E-state index is 12.4. The summed E-state index contributed by atoms with van der Waals surface area (Å²) in [5.41, 5.74) is 2.11. The molecule has 0 unspecified atom stereocenters. The minimum Gasteiger partial charge on any atom is -0.466 e. The summed E-state index contributed by atoms with van der Waals surface area (Å²) < 4.78 is 5.32. The Labute approximate surface area is 115 Å². The summed E-state index contributed by atoms with van der Waals surface area (Å²) in [6.45, 7) is 6.14. The van der Waals surface area contributed by atoms with Gasteiger partial charge in [-0.05, 0) is 50.8 Å². The molecule has 0 aromatic heterocycles. The van der Waals surface area contributed by atoms with Gasteiger partial charge in [0.2, 0.25) is 0 Å². The molecule has 1 heterocycles. The molecule has 0 bridgehead atoms. The van der Waals surface area contributed by atoms with E-state index in [0.29, 0.717) is 6.61 Å². The van der Waals surface area contributed by atoms with Crippen LogP contribution in [0.2, 0.25) is 0 Å². The molecule has 104 valence electrons. The zero-order chi connectivity index (χ0) is 13.7. The maximum Gasteiger partial charge on any atom is 0.313 e. The molecular weight excluding hydrogens is 238 g/mol. The Kier molecular flexibility index (Phi) is 4.59. The van der Waals surface area contributed by atoms with E-state index in [9.17, 15) is 4.79 Å². The Balaban J connectivity index is 2.23. The van der Waals surface area contributed by atoms with Crippen LogP contribution in [-0.4, -0.2) is 25.7 Å². The molecule has 1 aromatic carbocycles. The molecule has 1 aliphatic rings. The maximum atomic E-state index is 12.4. The van der Waals surface area contributed by atoms with Gasteiger partial charge in [-0.15, -0.1) is 0 Å². The standard InChI is InChI=1S/C16H23NO2/c1-3-19-15(18)16(9-6-10-17-12-16)11-14-8-5-4-7-13(14)2/h4-5,7-8,17H,3,6,9-12H2,1-2H3/t16-/m1/s1. The van der Waals surface area contributed by atoms with E-state index in [4.69, 9.17) is 4.74 Å². The molecule has 19 heavy (non-hydrogen) atoms. The lowest BCUT2D eigenvalue weighted by molar-refractivity contribution is -0.156. The summed E-state index contributed by atoms with van der Waals surface area (Å²) in [5.74, 6) is -0.0505. The smallest absolute Gasteiger partial charge is 0.313 e. The average Bonchev–Trinajstić information content (AvgIpc) is 2.43. The number of benzene rings is 1. The number of piperidine rings is 1. The van der Waals surface area contributed by atoms with E-state index in [1.165, 1.54) is 11.1 Å². The van der Waals surface area contributed by atoms with Gasteiger partial charge in [-0.1, -0.05) is 24.3 Å². The Hall–Kier alpha value is -1.35. The molecule has 3 nitrogen and oxygen atoms in total. The third-order valence-corrected chi connectivity index (χ3v) is 3.97. The van der Waals surface area contributed by atoms with Crippen LogP contribution in [0.3, 0.4) is 0 Å². The predicted molar refractivity (Wildman–Crippen MR) is 76.1 cm³/mol. The molecule has 3 heteroatoms. The first-order chi connectivity index (χ1) is 9.18. The van der Waals surface area contributed by atoms with Crippen molar-refractivity contribution in [2.75, 3.05) is 19.7 Å². The van der Waals surface area contributed by atoms with E-state index in [1.54, 1.807) is 0 Å². The topological polar surface area (TPSA) is 38.3 Å². The van der Waals surface area contributed by atoms with Crippen LogP contribution in [0, 0.1) is 12.3 Å². The molecule has 1 N–H and O–H groups in total. The number of aryl methyl sites for hydroxylation is 1. The summed E-state index contributed by atoms with van der Waals surface area (Å²) in [5, 5.41) is 3.35. The van der Waals surface area contributed by atoms with Gasteiger partial charge in [-0.3, -0.25) is 4.79 Å². The fourth-order valence-corrected chi connectivity index (χ4v) is 2.82. The molecule has 0 radical (unpaired) electrons. The average molecular weight is 261 g/mol. The van der Waals surface area contributed by atoms with Gasteiger partial charge in [0.15, 0.2) is 0 Å². The van der Waals surface area contributed by atoms with Crippen LogP contribution < -0.4 is 5.32 Å². The number of carbonyl (C=O) groups is 1. The van der Waals surface area contributed by atoms with Gasteiger partial charge in [0.1, 0.15) is 0 Å². The van der Waals surface area contributed by atoms with Gasteiger partial charge in [0.05, 0.1) is 12.0 Å². The van der Waals surface area contributed by atoms with Crippen molar-refractivity contribution in [2.45, 2.75) is 33.1 Å². The normalized spacial score (nSPS) is 23.1. The summed E-state index contributed by atoms with van der Waals surface area (Å²) in [6.07, 6.45) is 2.71. The van der Waals surface area contributed by atoms with Gasteiger partial charge in [0.25, 0.3) is 0 Å². The SMILES string of the molecule is CCOC(=O)[C@@]1(Cc2ccccc2C)CCCNC1. The molecule has 1 saturated heterocycles. The number of nitrogens with one attached hydrogen (secondary N) is 1. The summed E-state index contributed by atoms with van der Waals surface area (Å²) in [4.78, 5) is 12.4. The van der Waals surface area contributed by atoms with E-state index in [-0.39, 0.29) is 11.4 Å². The van der Waals surface area contributed by atoms with Gasteiger partial charge in [-0.25, -0.2) is 0 Å². The van der Waals surface area contributed by atoms with Crippen molar-refractivity contribution in [3.63, 3.8) is 0 Å². The lowest BCUT2D eigenvalue weighted by Crippen LogP contribution is -2.48. The van der Waals surface area contributed by atoms with E-state index in [2.05, 4.69) is 24.4 Å². The quantitative estimate of drug-likeness (QED) is 0.846. The van der Waals surface area contributed by atoms with Crippen molar-refractivity contribution >= 4 is 5.97 Å². The number of hydrogen-bond donors (Lipinski definition) is 1.